The van der Waals surface area contributed by atoms with Gasteiger partial charge in [-0.25, -0.2) is 0 Å². The summed E-state index contributed by atoms with van der Waals surface area (Å²) in [6.45, 7) is 0. The molecule has 17 heavy (non-hydrogen) atoms. The smallest absolute Gasteiger partial charge is 0.124 e. The summed E-state index contributed by atoms with van der Waals surface area (Å²) in [5, 5.41) is 10.8. The first-order valence-corrected chi connectivity index (χ1v) is 6.02. The molecule has 0 saturated heterocycles. The molecule has 0 spiro atoms. The molecule has 2 atom stereocenters. The minimum atomic E-state index is -0.325. The fourth-order valence-electron chi connectivity index (χ4n) is 2.34. The summed E-state index contributed by atoms with van der Waals surface area (Å²) in [7, 11) is 0. The van der Waals surface area contributed by atoms with Crippen molar-refractivity contribution in [3.8, 4) is 5.75 Å². The Bertz CT molecular complexity index is 526. The average molecular weight is 229 g/mol. The molecule has 0 radical (unpaired) electrons. The molecule has 0 amide bonds. The van der Waals surface area contributed by atoms with E-state index < -0.39 is 0 Å². The van der Waals surface area contributed by atoms with E-state index in [0.717, 1.165) is 35.9 Å². The summed E-state index contributed by atoms with van der Waals surface area (Å²) >= 11 is 0. The van der Waals surface area contributed by atoms with Crippen molar-refractivity contribution in [1.29, 1.82) is 0 Å². The highest BCUT2D eigenvalue weighted by molar-refractivity contribution is 5.79. The normalized spacial score (nSPS) is 24.1. The molecule has 0 aliphatic heterocycles. The molecule has 88 valence electrons. The molecule has 1 aromatic heterocycles. The first kappa shape index (κ1) is 10.5. The van der Waals surface area contributed by atoms with Crippen LogP contribution in [0.4, 0.5) is 0 Å². The average Bonchev–Trinajstić information content (AvgIpc) is 2.75. The number of hydrogen-bond acceptors (Lipinski definition) is 3. The number of aliphatic hydroxyl groups excluding tert-OH is 1. The lowest BCUT2D eigenvalue weighted by molar-refractivity contribution is 0.0605. The first-order valence-electron chi connectivity index (χ1n) is 6.02. The zero-order valence-corrected chi connectivity index (χ0v) is 9.54. The fraction of sp³-hybridized carbons (Fsp3) is 0.357. The van der Waals surface area contributed by atoms with Crippen LogP contribution in [0.2, 0.25) is 0 Å². The van der Waals surface area contributed by atoms with Crippen LogP contribution in [0.15, 0.2) is 36.5 Å². The maximum atomic E-state index is 9.72. The minimum Gasteiger partial charge on any atom is -0.488 e. The highest BCUT2D eigenvalue weighted by Gasteiger charge is 2.26. The fourth-order valence-corrected chi connectivity index (χ4v) is 2.34. The number of ether oxygens (including phenoxy) is 1. The number of hydrogen-bond donors (Lipinski definition) is 1. The van der Waals surface area contributed by atoms with Crippen LogP contribution in [0.5, 0.6) is 5.75 Å². The van der Waals surface area contributed by atoms with Crippen molar-refractivity contribution >= 4 is 10.9 Å². The van der Waals surface area contributed by atoms with Gasteiger partial charge in [0.1, 0.15) is 11.9 Å². The van der Waals surface area contributed by atoms with E-state index in [-0.39, 0.29) is 12.2 Å². The van der Waals surface area contributed by atoms with E-state index in [2.05, 4.69) is 4.98 Å². The Morgan fingerprint density at radius 2 is 2.18 bits per heavy atom. The molecule has 1 aliphatic rings. The van der Waals surface area contributed by atoms with Crippen molar-refractivity contribution in [3.05, 3.63) is 36.5 Å². The number of aliphatic hydroxyl groups is 1. The van der Waals surface area contributed by atoms with E-state index in [1.807, 2.05) is 30.3 Å². The summed E-state index contributed by atoms with van der Waals surface area (Å²) < 4.78 is 5.81. The topological polar surface area (TPSA) is 42.4 Å². The number of fused-ring (bicyclic) bond motifs is 1. The summed E-state index contributed by atoms with van der Waals surface area (Å²) in [5.41, 5.74) is 0.928. The van der Waals surface area contributed by atoms with Crippen molar-refractivity contribution in [3.63, 3.8) is 0 Å². The van der Waals surface area contributed by atoms with Crippen LogP contribution in [-0.4, -0.2) is 22.3 Å². The number of benzene rings is 1. The molecule has 1 aliphatic carbocycles. The maximum absolute atomic E-state index is 9.72. The van der Waals surface area contributed by atoms with E-state index in [1.54, 1.807) is 6.20 Å². The van der Waals surface area contributed by atoms with E-state index in [1.165, 1.54) is 0 Å². The van der Waals surface area contributed by atoms with Gasteiger partial charge in [0.25, 0.3) is 0 Å². The van der Waals surface area contributed by atoms with Crippen LogP contribution >= 0.6 is 0 Å². The van der Waals surface area contributed by atoms with Gasteiger partial charge in [-0.05, 0) is 37.5 Å². The van der Waals surface area contributed by atoms with Crippen molar-refractivity contribution < 1.29 is 9.84 Å². The molecule has 1 fully saturated rings. The van der Waals surface area contributed by atoms with Gasteiger partial charge in [-0.2, -0.15) is 0 Å². The summed E-state index contributed by atoms with van der Waals surface area (Å²) in [5.74, 6) is 0.794. The summed E-state index contributed by atoms with van der Waals surface area (Å²) in [6.07, 6.45) is 4.21. The monoisotopic (exact) mass is 229 g/mol. The lowest BCUT2D eigenvalue weighted by Crippen LogP contribution is -2.25. The third-order valence-electron chi connectivity index (χ3n) is 3.28. The summed E-state index contributed by atoms with van der Waals surface area (Å²) in [6, 6.07) is 9.81. The molecule has 1 heterocycles. The van der Waals surface area contributed by atoms with E-state index in [0.29, 0.717) is 0 Å². The number of aromatic nitrogens is 1. The van der Waals surface area contributed by atoms with Gasteiger partial charge < -0.3 is 9.84 Å². The molecule has 3 heteroatoms. The third-order valence-corrected chi connectivity index (χ3v) is 3.28. The second-order valence-electron chi connectivity index (χ2n) is 4.51. The van der Waals surface area contributed by atoms with Gasteiger partial charge in [0.05, 0.1) is 11.6 Å². The molecular weight excluding hydrogens is 214 g/mol. The second kappa shape index (κ2) is 4.34. The van der Waals surface area contributed by atoms with Gasteiger partial charge in [0.15, 0.2) is 0 Å². The predicted molar refractivity (Wildman–Crippen MR) is 66.0 cm³/mol. The highest BCUT2D eigenvalue weighted by atomic mass is 16.5. The van der Waals surface area contributed by atoms with E-state index in [9.17, 15) is 5.11 Å². The lowest BCUT2D eigenvalue weighted by Gasteiger charge is -2.17. The molecule has 1 saturated carbocycles. The Hall–Kier alpha value is -1.61. The molecule has 3 nitrogen and oxygen atoms in total. The minimum absolute atomic E-state index is 0.0591. The van der Waals surface area contributed by atoms with Crippen LogP contribution in [-0.2, 0) is 0 Å². The number of nitrogens with zero attached hydrogens (tertiary/aromatic N) is 1. The molecule has 2 aromatic rings. The first-order chi connectivity index (χ1) is 8.33. The van der Waals surface area contributed by atoms with Crippen molar-refractivity contribution in [2.24, 2.45) is 0 Å². The number of pyridine rings is 1. The molecule has 1 N–H and O–H groups in total. The van der Waals surface area contributed by atoms with Crippen LogP contribution < -0.4 is 4.74 Å². The number of rotatable bonds is 2. The second-order valence-corrected chi connectivity index (χ2v) is 4.51. The molecule has 1 aromatic carbocycles. The van der Waals surface area contributed by atoms with Crippen molar-refractivity contribution in [2.75, 3.05) is 0 Å². The van der Waals surface area contributed by atoms with Gasteiger partial charge in [-0.15, -0.1) is 0 Å². The largest absolute Gasteiger partial charge is 0.488 e. The van der Waals surface area contributed by atoms with Gasteiger partial charge in [0.2, 0.25) is 0 Å². The Balaban J connectivity index is 1.85. The zero-order chi connectivity index (χ0) is 11.7. The van der Waals surface area contributed by atoms with E-state index >= 15 is 0 Å². The van der Waals surface area contributed by atoms with Gasteiger partial charge in [-0.1, -0.05) is 6.07 Å². The van der Waals surface area contributed by atoms with Gasteiger partial charge in [-0.3, -0.25) is 4.98 Å². The Morgan fingerprint density at radius 1 is 1.24 bits per heavy atom. The predicted octanol–water partition coefficient (Wildman–Crippen LogP) is 2.53. The van der Waals surface area contributed by atoms with Crippen molar-refractivity contribution in [1.82, 2.24) is 4.98 Å². The quantitative estimate of drug-likeness (QED) is 0.860. The van der Waals surface area contributed by atoms with Crippen LogP contribution in [0.1, 0.15) is 19.3 Å². The van der Waals surface area contributed by atoms with Crippen LogP contribution in [0.25, 0.3) is 10.9 Å². The van der Waals surface area contributed by atoms with Crippen LogP contribution in [0.3, 0.4) is 0 Å². The Labute approximate surface area is 100 Å². The standard InChI is InChI=1S/C14H15NO2/c16-13-4-1-5-14(13)17-11-7-6-10-3-2-8-15-12(10)9-11/h2-3,6-9,13-14,16H,1,4-5H2/t13-,14-/m0/s1. The molecule has 0 unspecified atom stereocenters. The van der Waals surface area contributed by atoms with Gasteiger partial charge in [0, 0.05) is 17.6 Å². The van der Waals surface area contributed by atoms with Crippen molar-refractivity contribution in [2.45, 2.75) is 31.5 Å². The summed E-state index contributed by atoms with van der Waals surface area (Å²) in [4.78, 5) is 4.29. The zero-order valence-electron chi connectivity index (χ0n) is 9.54. The van der Waals surface area contributed by atoms with Crippen LogP contribution in [0, 0.1) is 0 Å². The Morgan fingerprint density at radius 3 is 3.00 bits per heavy atom. The molecule has 0 bridgehead atoms. The SMILES string of the molecule is O[C@H]1CCC[C@@H]1Oc1ccc2cccnc2c1. The lowest BCUT2D eigenvalue weighted by atomic mass is 10.2. The molecular formula is C14H15NO2. The maximum Gasteiger partial charge on any atom is 0.124 e. The molecule has 3 rings (SSSR count). The highest BCUT2D eigenvalue weighted by Crippen LogP contribution is 2.26. The Kier molecular flexibility index (Phi) is 2.69. The van der Waals surface area contributed by atoms with E-state index in [4.69, 9.17) is 4.74 Å². The van der Waals surface area contributed by atoms with Gasteiger partial charge >= 0.3 is 0 Å². The third kappa shape index (κ3) is 2.11.